The van der Waals surface area contributed by atoms with Crippen LogP contribution in [0, 0.1) is 0 Å². The van der Waals surface area contributed by atoms with E-state index in [1.54, 1.807) is 4.68 Å². The van der Waals surface area contributed by atoms with Crippen LogP contribution < -0.4 is 0 Å². The van der Waals surface area contributed by atoms with Crippen LogP contribution in [0.15, 0.2) is 59.1 Å². The van der Waals surface area contributed by atoms with Crippen molar-refractivity contribution in [3.05, 3.63) is 70.5 Å². The molecule has 7 nitrogen and oxygen atoms in total. The van der Waals surface area contributed by atoms with Gasteiger partial charge in [0.25, 0.3) is 5.91 Å². The van der Waals surface area contributed by atoms with Crippen LogP contribution in [-0.4, -0.2) is 62.1 Å². The van der Waals surface area contributed by atoms with Crippen molar-refractivity contribution < 1.29 is 4.79 Å². The molecule has 27 heavy (non-hydrogen) atoms. The lowest BCUT2D eigenvalue weighted by Gasteiger charge is -2.34. The Kier molecular flexibility index (Phi) is 5.26. The second-order valence-corrected chi connectivity index (χ2v) is 7.34. The maximum Gasteiger partial charge on any atom is 0.253 e. The molecule has 0 unspecified atom stereocenters. The summed E-state index contributed by atoms with van der Waals surface area (Å²) in [4.78, 5) is 16.8. The monoisotopic (exact) mass is 426 g/mol. The number of benzene rings is 2. The van der Waals surface area contributed by atoms with Gasteiger partial charge in [0.05, 0.1) is 12.2 Å². The lowest BCUT2D eigenvalue weighted by Crippen LogP contribution is -2.48. The van der Waals surface area contributed by atoms with E-state index >= 15 is 0 Å². The third kappa shape index (κ3) is 4.06. The van der Waals surface area contributed by atoms with Gasteiger partial charge in [-0.3, -0.25) is 9.69 Å². The van der Waals surface area contributed by atoms with Gasteiger partial charge in [0.2, 0.25) is 0 Å². The zero-order valence-corrected chi connectivity index (χ0v) is 16.3. The minimum Gasteiger partial charge on any atom is -0.336 e. The van der Waals surface area contributed by atoms with Gasteiger partial charge in [-0.2, -0.15) is 4.68 Å². The van der Waals surface area contributed by atoms with Gasteiger partial charge in [-0.1, -0.05) is 40.2 Å². The molecule has 0 saturated carbocycles. The molecule has 4 rings (SSSR count). The van der Waals surface area contributed by atoms with Gasteiger partial charge < -0.3 is 4.90 Å². The fraction of sp³-hybridized carbons (Fsp3) is 0.263. The van der Waals surface area contributed by atoms with Crippen LogP contribution in [-0.2, 0) is 6.54 Å². The van der Waals surface area contributed by atoms with Gasteiger partial charge in [0.15, 0.2) is 5.82 Å². The van der Waals surface area contributed by atoms with Crippen LogP contribution >= 0.6 is 15.9 Å². The van der Waals surface area contributed by atoms with E-state index in [-0.39, 0.29) is 5.91 Å². The number of amides is 1. The van der Waals surface area contributed by atoms with Crippen molar-refractivity contribution in [2.75, 3.05) is 26.2 Å². The molecule has 0 bridgehead atoms. The average Bonchev–Trinajstić information content (AvgIpc) is 3.17. The molecular formula is C19H19BrN6O. The molecule has 3 aromatic rings. The molecule has 1 amide bonds. The second kappa shape index (κ2) is 7.98. The molecule has 0 spiro atoms. The summed E-state index contributed by atoms with van der Waals surface area (Å²) in [5, 5.41) is 12.1. The van der Waals surface area contributed by atoms with Crippen LogP contribution in [0.4, 0.5) is 0 Å². The van der Waals surface area contributed by atoms with E-state index in [4.69, 9.17) is 0 Å². The Morgan fingerprint density at radius 1 is 1.00 bits per heavy atom. The summed E-state index contributed by atoms with van der Waals surface area (Å²) in [7, 11) is 0. The molecule has 2 aromatic carbocycles. The number of rotatable bonds is 4. The molecule has 0 aliphatic carbocycles. The quantitative estimate of drug-likeness (QED) is 0.640. The van der Waals surface area contributed by atoms with Crippen molar-refractivity contribution in [1.29, 1.82) is 0 Å². The molecule has 1 saturated heterocycles. The second-order valence-electron chi connectivity index (χ2n) is 6.42. The summed E-state index contributed by atoms with van der Waals surface area (Å²) in [6, 6.07) is 17.4. The molecule has 1 aromatic heterocycles. The smallest absolute Gasteiger partial charge is 0.253 e. The van der Waals surface area contributed by atoms with E-state index in [1.807, 2.05) is 59.5 Å². The Bertz CT molecular complexity index is 921. The fourth-order valence-corrected chi connectivity index (χ4v) is 3.59. The highest BCUT2D eigenvalue weighted by Crippen LogP contribution is 2.16. The number of hydrogen-bond acceptors (Lipinski definition) is 5. The predicted molar refractivity (Wildman–Crippen MR) is 104 cm³/mol. The van der Waals surface area contributed by atoms with Gasteiger partial charge in [-0.05, 0) is 40.8 Å². The zero-order chi connectivity index (χ0) is 18.6. The average molecular weight is 427 g/mol. The first-order valence-electron chi connectivity index (χ1n) is 8.80. The Morgan fingerprint density at radius 2 is 1.78 bits per heavy atom. The van der Waals surface area contributed by atoms with Gasteiger partial charge >= 0.3 is 0 Å². The molecule has 0 atom stereocenters. The van der Waals surface area contributed by atoms with Crippen molar-refractivity contribution in [2.24, 2.45) is 0 Å². The van der Waals surface area contributed by atoms with Crippen molar-refractivity contribution in [2.45, 2.75) is 6.54 Å². The summed E-state index contributed by atoms with van der Waals surface area (Å²) in [6.07, 6.45) is 0. The Hall–Kier alpha value is -2.58. The van der Waals surface area contributed by atoms with E-state index in [0.29, 0.717) is 25.2 Å². The molecule has 138 valence electrons. The van der Waals surface area contributed by atoms with Crippen molar-refractivity contribution in [3.63, 3.8) is 0 Å². The van der Waals surface area contributed by atoms with Crippen molar-refractivity contribution >= 4 is 21.8 Å². The number of carbonyl (C=O) groups excluding carboxylic acids is 1. The number of nitrogens with zero attached hydrogens (tertiary/aromatic N) is 6. The summed E-state index contributed by atoms with van der Waals surface area (Å²) in [6.45, 7) is 3.63. The van der Waals surface area contributed by atoms with Crippen molar-refractivity contribution in [1.82, 2.24) is 30.0 Å². The number of tetrazole rings is 1. The number of para-hydroxylation sites is 1. The fourth-order valence-electron chi connectivity index (χ4n) is 3.19. The first kappa shape index (κ1) is 17.8. The van der Waals surface area contributed by atoms with Crippen LogP contribution in [0.3, 0.4) is 0 Å². The van der Waals surface area contributed by atoms with E-state index in [0.717, 1.165) is 29.1 Å². The summed E-state index contributed by atoms with van der Waals surface area (Å²) in [5.41, 5.74) is 1.66. The number of piperazine rings is 1. The van der Waals surface area contributed by atoms with Crippen LogP contribution in [0.5, 0.6) is 0 Å². The van der Waals surface area contributed by atoms with Crippen LogP contribution in [0.1, 0.15) is 16.2 Å². The molecule has 2 heterocycles. The lowest BCUT2D eigenvalue weighted by molar-refractivity contribution is 0.0624. The standard InChI is InChI=1S/C19H19BrN6O/c20-16-6-4-5-15(13-16)19(27)25-11-9-24(10-12-25)14-18-21-22-23-26(18)17-7-2-1-3-8-17/h1-8,13H,9-12,14H2. The highest BCUT2D eigenvalue weighted by molar-refractivity contribution is 9.10. The van der Waals surface area contributed by atoms with Gasteiger partial charge in [-0.25, -0.2) is 0 Å². The zero-order valence-electron chi connectivity index (χ0n) is 14.7. The van der Waals surface area contributed by atoms with Crippen LogP contribution in [0.2, 0.25) is 0 Å². The predicted octanol–water partition coefficient (Wildman–Crippen LogP) is 2.38. The van der Waals surface area contributed by atoms with Gasteiger partial charge in [0, 0.05) is 36.2 Å². The highest BCUT2D eigenvalue weighted by atomic mass is 79.9. The number of aromatic nitrogens is 4. The van der Waals surface area contributed by atoms with E-state index in [9.17, 15) is 4.79 Å². The molecule has 0 radical (unpaired) electrons. The molecular weight excluding hydrogens is 408 g/mol. The van der Waals surface area contributed by atoms with Crippen molar-refractivity contribution in [3.8, 4) is 5.69 Å². The third-order valence-corrected chi connectivity index (χ3v) is 5.12. The normalized spacial score (nSPS) is 15.1. The SMILES string of the molecule is O=C(c1cccc(Br)c1)N1CCN(Cc2nnnn2-c2ccccc2)CC1. The number of halogens is 1. The minimum absolute atomic E-state index is 0.0741. The maximum atomic E-state index is 12.7. The van der Waals surface area contributed by atoms with E-state index in [2.05, 4.69) is 36.4 Å². The summed E-state index contributed by atoms with van der Waals surface area (Å²) >= 11 is 3.42. The highest BCUT2D eigenvalue weighted by Gasteiger charge is 2.23. The molecule has 8 heteroatoms. The Balaban J connectivity index is 1.38. The first-order valence-corrected chi connectivity index (χ1v) is 9.60. The molecule has 1 aliphatic heterocycles. The maximum absolute atomic E-state index is 12.7. The summed E-state index contributed by atoms with van der Waals surface area (Å²) in [5.74, 6) is 0.873. The van der Waals surface area contributed by atoms with E-state index < -0.39 is 0 Å². The van der Waals surface area contributed by atoms with E-state index in [1.165, 1.54) is 0 Å². The minimum atomic E-state index is 0.0741. The number of hydrogen-bond donors (Lipinski definition) is 0. The molecule has 1 aliphatic rings. The largest absolute Gasteiger partial charge is 0.336 e. The van der Waals surface area contributed by atoms with Gasteiger partial charge in [-0.15, -0.1) is 5.10 Å². The number of carbonyl (C=O) groups is 1. The molecule has 1 fully saturated rings. The first-order chi connectivity index (χ1) is 13.2. The Morgan fingerprint density at radius 3 is 2.52 bits per heavy atom. The van der Waals surface area contributed by atoms with Gasteiger partial charge in [0.1, 0.15) is 0 Å². The Labute approximate surface area is 165 Å². The van der Waals surface area contributed by atoms with Crippen LogP contribution in [0.25, 0.3) is 5.69 Å². The summed E-state index contributed by atoms with van der Waals surface area (Å²) < 4.78 is 2.68. The topological polar surface area (TPSA) is 67.2 Å². The lowest BCUT2D eigenvalue weighted by atomic mass is 10.2. The molecule has 0 N–H and O–H groups in total. The third-order valence-electron chi connectivity index (χ3n) is 4.63.